The molecule has 8 heteroatoms. The molecule has 0 unspecified atom stereocenters. The van der Waals surface area contributed by atoms with Crippen LogP contribution in [0.4, 0.5) is 17.3 Å². The average molecular weight is 409 g/mol. The summed E-state index contributed by atoms with van der Waals surface area (Å²) in [6.07, 6.45) is 0. The molecule has 2 aromatic heterocycles. The van der Waals surface area contributed by atoms with E-state index in [2.05, 4.69) is 77.3 Å². The normalized spacial score (nSPS) is 11.3. The monoisotopic (exact) mass is 409 g/mol. The summed E-state index contributed by atoms with van der Waals surface area (Å²) in [6.45, 7) is 0. The minimum Gasteiger partial charge on any atom is -0.418 e. The van der Waals surface area contributed by atoms with Gasteiger partial charge in [-0.05, 0) is 35.1 Å². The molecule has 0 fully saturated rings. The molecule has 3 aromatic carbocycles. The molecule has 0 aliphatic carbocycles. The van der Waals surface area contributed by atoms with Crippen LogP contribution in [0.1, 0.15) is 0 Å². The zero-order valence-electron chi connectivity index (χ0n) is 15.7. The van der Waals surface area contributed by atoms with E-state index in [1.165, 1.54) is 5.39 Å². The van der Waals surface area contributed by atoms with Crippen molar-refractivity contribution in [1.29, 1.82) is 0 Å². The minimum absolute atomic E-state index is 0.982. The second-order valence-corrected chi connectivity index (χ2v) is 6.52. The van der Waals surface area contributed by atoms with Gasteiger partial charge < -0.3 is 17.3 Å². The van der Waals surface area contributed by atoms with Crippen molar-refractivity contribution in [1.82, 2.24) is 9.90 Å². The maximum absolute atomic E-state index is 9.75. The molecule has 0 aliphatic rings. The van der Waals surface area contributed by atoms with Gasteiger partial charge in [0.1, 0.15) is 5.69 Å². The van der Waals surface area contributed by atoms with Crippen molar-refractivity contribution in [3.63, 3.8) is 0 Å². The van der Waals surface area contributed by atoms with Crippen molar-refractivity contribution in [3.05, 3.63) is 97.1 Å². The average Bonchev–Trinajstić information content (AvgIpc) is 3.14. The Labute approximate surface area is 169 Å². The Hall–Kier alpha value is -3.68. The maximum Gasteiger partial charge on any atom is 0.673 e. The number of para-hydroxylation sites is 2. The lowest BCUT2D eigenvalue weighted by atomic mass is 10.1. The summed E-state index contributed by atoms with van der Waals surface area (Å²) in [6, 6.07) is 33.3. The van der Waals surface area contributed by atoms with Gasteiger partial charge in [0.05, 0.1) is 5.10 Å². The topological polar surface area (TPSA) is 21.9 Å². The first-order valence-electron chi connectivity index (χ1n) is 9.23. The first-order valence-corrected chi connectivity index (χ1v) is 9.23. The highest BCUT2D eigenvalue weighted by atomic mass is 19.5. The van der Waals surface area contributed by atoms with E-state index < -0.39 is 7.25 Å². The molecular weight excluding hydrogens is 393 g/mol. The fourth-order valence-corrected chi connectivity index (χ4v) is 3.30. The predicted molar refractivity (Wildman–Crippen MR) is 110 cm³/mol. The predicted octanol–water partition coefficient (Wildman–Crippen LogP) is 5.73. The third-order valence-corrected chi connectivity index (χ3v) is 4.48. The molecule has 5 aromatic rings. The Morgan fingerprint density at radius 2 is 1.20 bits per heavy atom. The van der Waals surface area contributed by atoms with Gasteiger partial charge in [-0.25, -0.2) is 0 Å². The van der Waals surface area contributed by atoms with Crippen LogP contribution >= 0.6 is 0 Å². The Bertz CT molecular complexity index is 1280. The summed E-state index contributed by atoms with van der Waals surface area (Å²) >= 11 is 0. The Morgan fingerprint density at radius 1 is 0.633 bits per heavy atom. The number of benzene rings is 3. The van der Waals surface area contributed by atoms with Crippen LogP contribution < -0.4 is 4.52 Å². The molecule has 0 atom stereocenters. The van der Waals surface area contributed by atoms with Gasteiger partial charge in [-0.1, -0.05) is 66.7 Å². The number of rotatable bonds is 2. The molecule has 30 heavy (non-hydrogen) atoms. The molecule has 0 saturated heterocycles. The molecule has 150 valence electrons. The molecule has 0 saturated carbocycles. The molecule has 0 spiro atoms. The smallest absolute Gasteiger partial charge is 0.418 e. The Morgan fingerprint density at radius 3 is 1.87 bits per heavy atom. The lowest BCUT2D eigenvalue weighted by Crippen LogP contribution is -2.33. The highest BCUT2D eigenvalue weighted by molar-refractivity contribution is 6.50. The number of halogens is 4. The molecule has 0 radical (unpaired) electrons. The summed E-state index contributed by atoms with van der Waals surface area (Å²) in [5.41, 5.74) is 5.36. The summed E-state index contributed by atoms with van der Waals surface area (Å²) < 4.78 is 41.2. The van der Waals surface area contributed by atoms with Crippen LogP contribution in [0.5, 0.6) is 0 Å². The lowest BCUT2D eigenvalue weighted by molar-refractivity contribution is -0.576. The van der Waals surface area contributed by atoms with Gasteiger partial charge in [-0.3, -0.25) is 0 Å². The quantitative estimate of drug-likeness (QED) is 0.207. The van der Waals surface area contributed by atoms with Crippen molar-refractivity contribution in [2.45, 2.75) is 0 Å². The fourth-order valence-electron chi connectivity index (χ4n) is 3.30. The van der Waals surface area contributed by atoms with Gasteiger partial charge in [0.15, 0.2) is 5.52 Å². The minimum atomic E-state index is -6.00. The highest BCUT2D eigenvalue weighted by Gasteiger charge is 2.24. The van der Waals surface area contributed by atoms with Crippen molar-refractivity contribution >= 4 is 23.7 Å². The van der Waals surface area contributed by atoms with E-state index in [0.717, 1.165) is 28.0 Å². The van der Waals surface area contributed by atoms with Gasteiger partial charge in [-0.15, -0.1) is 4.52 Å². The number of nitrogens with zero attached hydrogens (tertiary/aromatic N) is 3. The van der Waals surface area contributed by atoms with Crippen LogP contribution in [-0.4, -0.2) is 17.1 Å². The number of pyridine rings is 1. The zero-order chi connectivity index (χ0) is 21.1. The van der Waals surface area contributed by atoms with Gasteiger partial charge in [0.2, 0.25) is 5.52 Å². The number of hydrogen-bond donors (Lipinski definition) is 0. The van der Waals surface area contributed by atoms with Gasteiger partial charge in [0.25, 0.3) is 5.69 Å². The number of hydrogen-bond acceptors (Lipinski definition) is 1. The summed E-state index contributed by atoms with van der Waals surface area (Å²) in [7, 11) is -6.00. The molecule has 0 amide bonds. The van der Waals surface area contributed by atoms with Gasteiger partial charge in [0, 0.05) is 10.9 Å². The van der Waals surface area contributed by atoms with Crippen molar-refractivity contribution < 1.29 is 21.8 Å². The molecule has 0 bridgehead atoms. The SMILES string of the molecule is F[B-](F)(F)F.c1ccc(-c2nn(-c3ccccc3)[n+]3c2ccc2ccccc23)cc1. The highest BCUT2D eigenvalue weighted by Crippen LogP contribution is 2.23. The van der Waals surface area contributed by atoms with Crippen LogP contribution in [-0.2, 0) is 0 Å². The molecule has 0 aliphatic heterocycles. The second-order valence-electron chi connectivity index (χ2n) is 6.52. The Kier molecular flexibility index (Phi) is 5.22. The molecular formula is C22H16BF4N3. The maximum atomic E-state index is 9.75. The number of fused-ring (bicyclic) bond motifs is 3. The van der Waals surface area contributed by atoms with Crippen molar-refractivity contribution in [2.75, 3.05) is 0 Å². The standard InChI is InChI=1S/C22H16N3.BF4/c1-3-10-18(11-4-1)22-21-16-15-17-9-7-8-14-20(17)24(21)25(23-22)19-12-5-2-6-13-19;2-1(3,4)5/h1-16H;/q+1;-1. The summed E-state index contributed by atoms with van der Waals surface area (Å²) in [4.78, 5) is 1.99. The first-order chi connectivity index (χ1) is 14.4. The summed E-state index contributed by atoms with van der Waals surface area (Å²) in [5.74, 6) is 0. The van der Waals surface area contributed by atoms with E-state index in [-0.39, 0.29) is 0 Å². The van der Waals surface area contributed by atoms with Crippen LogP contribution in [0.2, 0.25) is 0 Å². The molecule has 3 nitrogen and oxygen atoms in total. The van der Waals surface area contributed by atoms with E-state index in [0.29, 0.717) is 0 Å². The summed E-state index contributed by atoms with van der Waals surface area (Å²) in [5, 5.41) is 6.15. The molecule has 5 rings (SSSR count). The third kappa shape index (κ3) is 4.17. The van der Waals surface area contributed by atoms with Crippen LogP contribution in [0.25, 0.3) is 33.4 Å². The number of aromatic nitrogens is 3. The first kappa shape index (κ1) is 19.6. The fraction of sp³-hybridized carbons (Fsp3) is 0. The van der Waals surface area contributed by atoms with E-state index >= 15 is 0 Å². The van der Waals surface area contributed by atoms with Crippen LogP contribution in [0.15, 0.2) is 97.1 Å². The van der Waals surface area contributed by atoms with Crippen LogP contribution in [0.3, 0.4) is 0 Å². The van der Waals surface area contributed by atoms with E-state index in [9.17, 15) is 17.3 Å². The van der Waals surface area contributed by atoms with E-state index in [1.54, 1.807) is 0 Å². The largest absolute Gasteiger partial charge is 0.673 e. The van der Waals surface area contributed by atoms with Gasteiger partial charge >= 0.3 is 7.25 Å². The van der Waals surface area contributed by atoms with Crippen LogP contribution in [0, 0.1) is 0 Å². The Balaban J connectivity index is 0.000000393. The van der Waals surface area contributed by atoms with Crippen molar-refractivity contribution in [2.24, 2.45) is 0 Å². The van der Waals surface area contributed by atoms with Crippen molar-refractivity contribution in [3.8, 4) is 16.9 Å². The lowest BCUT2D eigenvalue weighted by Gasteiger charge is -2.00. The van der Waals surface area contributed by atoms with E-state index in [4.69, 9.17) is 5.10 Å². The molecule has 2 heterocycles. The van der Waals surface area contributed by atoms with Gasteiger partial charge in [-0.2, -0.15) is 0 Å². The third-order valence-electron chi connectivity index (χ3n) is 4.48. The zero-order valence-corrected chi connectivity index (χ0v) is 15.7. The molecule has 0 N–H and O–H groups in total. The van der Waals surface area contributed by atoms with E-state index in [1.807, 2.05) is 29.1 Å². The second kappa shape index (κ2) is 7.98.